The fourth-order valence-electron chi connectivity index (χ4n) is 11.3. The number of carbonyl (C=O) groups is 10. The molecule has 21 nitrogen and oxygen atoms in total. The Balaban J connectivity index is 1.19. The molecule has 0 saturated carbocycles. The Morgan fingerprint density at radius 2 is 1.34 bits per heavy atom. The van der Waals surface area contributed by atoms with Gasteiger partial charge in [-0.15, -0.1) is 0 Å². The second-order valence-corrected chi connectivity index (χ2v) is 24.2. The number of likely N-dealkylation sites (N-methyl/N-ethyl adjacent to an activating group) is 3. The third kappa shape index (κ3) is 18.6. The van der Waals surface area contributed by atoms with E-state index in [0.717, 1.165) is 17.2 Å². The number of esters is 1. The molecule has 2 aliphatic heterocycles. The molecule has 21 heteroatoms. The van der Waals surface area contributed by atoms with E-state index >= 15 is 9.59 Å². The molecule has 6 rings (SSSR count). The predicted octanol–water partition coefficient (Wildman–Crippen LogP) is 7.19. The van der Waals surface area contributed by atoms with Gasteiger partial charge in [0.25, 0.3) is 5.91 Å². The lowest BCUT2D eigenvalue weighted by molar-refractivity contribution is -0.164. The maximum Gasteiger partial charge on any atom is 0.329 e. The highest BCUT2D eigenvalue weighted by Gasteiger charge is 2.45. The summed E-state index contributed by atoms with van der Waals surface area (Å²) in [5.41, 5.74) is 1.54. The van der Waals surface area contributed by atoms with E-state index in [4.69, 9.17) is 14.2 Å². The smallest absolute Gasteiger partial charge is 0.329 e. The largest absolute Gasteiger partial charge is 0.493 e. The summed E-state index contributed by atoms with van der Waals surface area (Å²) in [6.45, 7) is 13.1. The first kappa shape index (κ1) is 70.2. The molecular formula is C69H90N8O13. The van der Waals surface area contributed by atoms with Crippen molar-refractivity contribution in [3.05, 3.63) is 138 Å². The molecule has 2 aliphatic rings. The van der Waals surface area contributed by atoms with Gasteiger partial charge in [-0.1, -0.05) is 113 Å². The SMILES string of the molecule is C=CC(=O)NCC(C)(C)C(=O)C(=O)N1CCCC[C@H]1C(=O)O[C@H](CCc1ccc(OC)c(OC)c1)c1cccc(NC(=O)CCC(=O)NC(C(=O)N(C)[C@@H](Cc2ccccc2)C(=O)N2CCC[C@@H]2C(=O)N(C)[C@@H](CC(C)C)C(=O)N(C)CC)c2ccccc2)c1. The summed E-state index contributed by atoms with van der Waals surface area (Å²) >= 11 is 0. The number of piperidine rings is 1. The molecule has 0 spiro atoms. The Morgan fingerprint density at radius 1 is 0.700 bits per heavy atom. The quantitative estimate of drug-likeness (QED) is 0.0266. The van der Waals surface area contributed by atoms with E-state index in [-0.39, 0.29) is 69.5 Å². The van der Waals surface area contributed by atoms with Gasteiger partial charge in [0.05, 0.1) is 19.6 Å². The molecule has 4 aromatic carbocycles. The van der Waals surface area contributed by atoms with Crippen molar-refractivity contribution in [2.24, 2.45) is 11.3 Å². The van der Waals surface area contributed by atoms with Crippen LogP contribution in [-0.4, -0.2) is 169 Å². The number of ketones is 1. The number of nitrogens with one attached hydrogen (secondary N) is 3. The van der Waals surface area contributed by atoms with E-state index < -0.39 is 88.9 Å². The molecule has 2 saturated heterocycles. The molecule has 1 unspecified atom stereocenters. The lowest BCUT2D eigenvalue weighted by Crippen LogP contribution is -2.58. The second-order valence-electron chi connectivity index (χ2n) is 24.2. The minimum Gasteiger partial charge on any atom is -0.493 e. The van der Waals surface area contributed by atoms with Crippen molar-refractivity contribution in [3.8, 4) is 11.5 Å². The van der Waals surface area contributed by atoms with Crippen molar-refractivity contribution >= 4 is 64.7 Å². The number of benzene rings is 4. The van der Waals surface area contributed by atoms with Gasteiger partial charge in [0.2, 0.25) is 47.1 Å². The number of ether oxygens (including phenoxy) is 3. The Morgan fingerprint density at radius 3 is 2.00 bits per heavy atom. The molecule has 0 radical (unpaired) electrons. The molecular weight excluding hydrogens is 1150 g/mol. The zero-order valence-corrected chi connectivity index (χ0v) is 53.8. The molecule has 3 N–H and O–H groups in total. The van der Waals surface area contributed by atoms with Gasteiger partial charge in [-0.05, 0) is 117 Å². The number of anilines is 1. The van der Waals surface area contributed by atoms with E-state index in [2.05, 4.69) is 22.5 Å². The summed E-state index contributed by atoms with van der Waals surface area (Å²) < 4.78 is 17.3. The average Bonchev–Trinajstić information content (AvgIpc) is 1.81. The van der Waals surface area contributed by atoms with Crippen molar-refractivity contribution in [3.63, 3.8) is 0 Å². The van der Waals surface area contributed by atoms with Gasteiger partial charge in [-0.25, -0.2) is 4.79 Å². The Kier molecular flexibility index (Phi) is 25.8. The minimum atomic E-state index is -1.30. The zero-order chi connectivity index (χ0) is 65.8. The first-order chi connectivity index (χ1) is 42.9. The number of hydrogen-bond acceptors (Lipinski definition) is 13. The van der Waals surface area contributed by atoms with Gasteiger partial charge >= 0.3 is 5.97 Å². The summed E-state index contributed by atoms with van der Waals surface area (Å²) in [6, 6.07) is 24.8. The number of amides is 8. The summed E-state index contributed by atoms with van der Waals surface area (Å²) in [5.74, 6) is -4.54. The molecule has 0 aromatic heterocycles. The highest BCUT2D eigenvalue weighted by atomic mass is 16.5. The van der Waals surface area contributed by atoms with Crippen LogP contribution in [0.1, 0.15) is 127 Å². The van der Waals surface area contributed by atoms with Crippen LogP contribution in [0.25, 0.3) is 0 Å². The molecule has 4 aromatic rings. The number of nitrogens with zero attached hydrogens (tertiary/aromatic N) is 5. The predicted molar refractivity (Wildman–Crippen MR) is 340 cm³/mol. The van der Waals surface area contributed by atoms with Crippen molar-refractivity contribution in [1.82, 2.24) is 35.1 Å². The highest BCUT2D eigenvalue weighted by Crippen LogP contribution is 2.33. The van der Waals surface area contributed by atoms with Crippen LogP contribution in [0.5, 0.6) is 11.5 Å². The van der Waals surface area contributed by atoms with E-state index in [1.54, 1.807) is 79.7 Å². The average molecular weight is 1240 g/mol. The topological polar surface area (TPSA) is 251 Å². The van der Waals surface area contributed by atoms with Gasteiger partial charge in [0, 0.05) is 72.3 Å². The van der Waals surface area contributed by atoms with Crippen LogP contribution in [0.3, 0.4) is 0 Å². The van der Waals surface area contributed by atoms with Gasteiger partial charge < -0.3 is 54.7 Å². The van der Waals surface area contributed by atoms with Crippen LogP contribution in [0.4, 0.5) is 5.69 Å². The van der Waals surface area contributed by atoms with Gasteiger partial charge in [-0.3, -0.25) is 43.2 Å². The maximum atomic E-state index is 15.1. The Hall–Kier alpha value is -8.88. The molecule has 0 bridgehead atoms. The standard InChI is InChI=1S/C69H90N8O13/c1-12-58(78)70-44-69(5,6)62(81)67(86)77-38-21-20-30-52(77)68(87)90-55(34-32-47-33-35-56(88-10)57(42-47)89-11)49-28-22-29-50(43-49)71-59(79)36-37-60(80)72-61(48-26-18-15-19-27-48)66(85)75(9)54(41-46-24-16-14-17-25-46)65(84)76-39-23-31-51(76)64(83)74(8)53(40-45(3)4)63(82)73(7)13-2/h12,14-19,22,24-29,33,35,42-43,45,51-55,61H,1,13,20-21,23,30-32,34,36-41,44H2,2-11H3,(H,70,78)(H,71,79)(H,72,80)/t51-,52+,53+,54+,55-,61?/m1/s1. The van der Waals surface area contributed by atoms with Crippen molar-refractivity contribution in [2.75, 3.05) is 66.9 Å². The fourth-order valence-corrected chi connectivity index (χ4v) is 11.3. The Labute approximate surface area is 529 Å². The molecule has 0 aliphatic carbocycles. The van der Waals surface area contributed by atoms with E-state index in [1.807, 2.05) is 63.2 Å². The van der Waals surface area contributed by atoms with Gasteiger partial charge in [0.15, 0.2) is 11.5 Å². The van der Waals surface area contributed by atoms with Crippen molar-refractivity contribution in [1.29, 1.82) is 0 Å². The maximum absolute atomic E-state index is 15.1. The van der Waals surface area contributed by atoms with Crippen LogP contribution >= 0.6 is 0 Å². The lowest BCUT2D eigenvalue weighted by Gasteiger charge is -2.37. The highest BCUT2D eigenvalue weighted by molar-refractivity contribution is 6.38. The minimum absolute atomic E-state index is 0.0880. The van der Waals surface area contributed by atoms with Gasteiger partial charge in [-0.2, -0.15) is 0 Å². The van der Waals surface area contributed by atoms with Crippen molar-refractivity contribution in [2.45, 2.75) is 142 Å². The van der Waals surface area contributed by atoms with Crippen LogP contribution in [0.15, 0.2) is 116 Å². The summed E-state index contributed by atoms with van der Waals surface area (Å²) in [6.07, 6.45) is 2.89. The van der Waals surface area contributed by atoms with Crippen LogP contribution in [-0.2, 0) is 65.5 Å². The molecule has 8 amide bonds. The molecule has 2 fully saturated rings. The molecule has 2 heterocycles. The molecule has 90 heavy (non-hydrogen) atoms. The first-order valence-corrected chi connectivity index (χ1v) is 31.0. The van der Waals surface area contributed by atoms with E-state index in [0.29, 0.717) is 73.4 Å². The number of methoxy groups -OCH3 is 2. The van der Waals surface area contributed by atoms with Crippen LogP contribution < -0.4 is 25.4 Å². The third-order valence-corrected chi connectivity index (χ3v) is 16.8. The fraction of sp³-hybridized carbons (Fsp3) is 0.478. The first-order valence-electron chi connectivity index (χ1n) is 31.0. The Bertz CT molecular complexity index is 3190. The monoisotopic (exact) mass is 1240 g/mol. The van der Waals surface area contributed by atoms with Crippen molar-refractivity contribution < 1.29 is 62.2 Å². The van der Waals surface area contributed by atoms with Crippen LogP contribution in [0.2, 0.25) is 0 Å². The van der Waals surface area contributed by atoms with E-state index in [9.17, 15) is 38.4 Å². The van der Waals surface area contributed by atoms with Crippen LogP contribution in [0, 0.1) is 11.3 Å². The summed E-state index contributed by atoms with van der Waals surface area (Å²) in [7, 11) is 7.86. The normalized spacial score (nSPS) is 16.1. The summed E-state index contributed by atoms with van der Waals surface area (Å²) in [5, 5.41) is 8.27. The number of rotatable bonds is 30. The second kappa shape index (κ2) is 33.1. The molecule has 484 valence electrons. The third-order valence-electron chi connectivity index (χ3n) is 16.8. The number of carbonyl (C=O) groups excluding carboxylic acids is 10. The number of likely N-dealkylation sites (tertiary alicyclic amines) is 2. The zero-order valence-electron chi connectivity index (χ0n) is 53.8. The number of aryl methyl sites for hydroxylation is 1. The number of Topliss-reactive ketones (excluding diaryl/α,β-unsaturated/α-hetero) is 1. The lowest BCUT2D eigenvalue weighted by atomic mass is 9.86. The summed E-state index contributed by atoms with van der Waals surface area (Å²) in [4.78, 5) is 147. The van der Waals surface area contributed by atoms with Gasteiger partial charge in [0.1, 0.15) is 36.3 Å². The van der Waals surface area contributed by atoms with E-state index in [1.165, 1.54) is 54.7 Å². The number of hydrogen-bond donors (Lipinski definition) is 3. The molecule has 6 atom stereocenters.